The molecule has 0 amide bonds. The zero-order chi connectivity index (χ0) is 15.7. The number of imidazole rings is 1. The van der Waals surface area contributed by atoms with E-state index in [1.165, 1.54) is 11.3 Å². The third kappa shape index (κ3) is 3.19. The summed E-state index contributed by atoms with van der Waals surface area (Å²) in [6.07, 6.45) is 0. The number of rotatable bonds is 4. The van der Waals surface area contributed by atoms with Crippen molar-refractivity contribution >= 4 is 51.7 Å². The number of aromatic amines is 1. The third-order valence-electron chi connectivity index (χ3n) is 3.34. The largest absolute Gasteiger partial charge is 0.377 e. The lowest BCUT2D eigenvalue weighted by Gasteiger charge is -2.16. The van der Waals surface area contributed by atoms with Crippen LogP contribution in [0.2, 0.25) is 10.0 Å². The standard InChI is InChI=1S/C16H15Cl2N3S/c1-21(2)15-6-4-3-5-10(15)9-22-16-19-13-7-11(17)12(18)8-14(13)20-16/h3-8H,9H2,1-2H3,(H,19,20). The molecule has 0 atom stereocenters. The predicted octanol–water partition coefficient (Wildman–Crippen LogP) is 5.23. The fourth-order valence-electron chi connectivity index (χ4n) is 2.27. The molecule has 0 unspecified atom stereocenters. The number of fused-ring (bicyclic) bond motifs is 1. The van der Waals surface area contributed by atoms with Crippen molar-refractivity contribution in [3.63, 3.8) is 0 Å². The highest BCUT2D eigenvalue weighted by Gasteiger charge is 2.09. The third-order valence-corrected chi connectivity index (χ3v) is 4.98. The normalized spacial score (nSPS) is 11.1. The highest BCUT2D eigenvalue weighted by Crippen LogP contribution is 2.30. The summed E-state index contributed by atoms with van der Waals surface area (Å²) < 4.78 is 0. The number of anilines is 1. The van der Waals surface area contributed by atoms with Gasteiger partial charge < -0.3 is 9.88 Å². The Morgan fingerprint density at radius 3 is 2.64 bits per heavy atom. The van der Waals surface area contributed by atoms with Crippen LogP contribution < -0.4 is 4.90 Å². The van der Waals surface area contributed by atoms with Gasteiger partial charge in [-0.05, 0) is 23.8 Å². The number of aromatic nitrogens is 2. The van der Waals surface area contributed by atoms with E-state index in [-0.39, 0.29) is 0 Å². The van der Waals surface area contributed by atoms with E-state index in [1.54, 1.807) is 17.8 Å². The zero-order valence-electron chi connectivity index (χ0n) is 12.2. The second-order valence-electron chi connectivity index (χ2n) is 5.14. The Morgan fingerprint density at radius 1 is 1.14 bits per heavy atom. The van der Waals surface area contributed by atoms with E-state index in [0.29, 0.717) is 10.0 Å². The second-order valence-corrected chi connectivity index (χ2v) is 6.92. The number of nitrogens with zero attached hydrogens (tertiary/aromatic N) is 2. The van der Waals surface area contributed by atoms with Crippen LogP contribution in [0.25, 0.3) is 11.0 Å². The molecule has 2 aromatic carbocycles. The van der Waals surface area contributed by atoms with Crippen LogP contribution in [0.4, 0.5) is 5.69 Å². The first-order valence-electron chi connectivity index (χ1n) is 6.77. The van der Waals surface area contributed by atoms with Crippen molar-refractivity contribution in [3.8, 4) is 0 Å². The van der Waals surface area contributed by atoms with Crippen molar-refractivity contribution in [1.29, 1.82) is 0 Å². The summed E-state index contributed by atoms with van der Waals surface area (Å²) in [5.41, 5.74) is 4.22. The van der Waals surface area contributed by atoms with Crippen LogP contribution in [0.1, 0.15) is 5.56 Å². The van der Waals surface area contributed by atoms with Gasteiger partial charge in [0, 0.05) is 25.5 Å². The van der Waals surface area contributed by atoms with Gasteiger partial charge in [-0.2, -0.15) is 0 Å². The Bertz CT molecular complexity index is 775. The Balaban J connectivity index is 1.82. The summed E-state index contributed by atoms with van der Waals surface area (Å²) in [5, 5.41) is 1.92. The van der Waals surface area contributed by atoms with E-state index >= 15 is 0 Å². The SMILES string of the molecule is CN(C)c1ccccc1CSc1nc2cc(Cl)c(Cl)cc2[nH]1. The molecule has 0 radical (unpaired) electrons. The molecule has 0 saturated heterocycles. The maximum absolute atomic E-state index is 6.03. The van der Waals surface area contributed by atoms with E-state index in [9.17, 15) is 0 Å². The molecule has 22 heavy (non-hydrogen) atoms. The first-order chi connectivity index (χ1) is 10.5. The van der Waals surface area contributed by atoms with Crippen LogP contribution in [-0.2, 0) is 5.75 Å². The van der Waals surface area contributed by atoms with E-state index in [1.807, 2.05) is 6.07 Å². The van der Waals surface area contributed by atoms with Crippen molar-refractivity contribution in [2.45, 2.75) is 10.9 Å². The van der Waals surface area contributed by atoms with Crippen molar-refractivity contribution in [2.75, 3.05) is 19.0 Å². The van der Waals surface area contributed by atoms with Gasteiger partial charge in [-0.25, -0.2) is 4.98 Å². The molecule has 3 nitrogen and oxygen atoms in total. The molecule has 0 aliphatic heterocycles. The van der Waals surface area contributed by atoms with Gasteiger partial charge in [-0.3, -0.25) is 0 Å². The first-order valence-corrected chi connectivity index (χ1v) is 8.51. The molecular weight excluding hydrogens is 337 g/mol. The van der Waals surface area contributed by atoms with Crippen LogP contribution >= 0.6 is 35.0 Å². The maximum Gasteiger partial charge on any atom is 0.166 e. The molecule has 1 heterocycles. The molecule has 1 aromatic heterocycles. The van der Waals surface area contributed by atoms with E-state index in [4.69, 9.17) is 23.2 Å². The minimum Gasteiger partial charge on any atom is -0.377 e. The van der Waals surface area contributed by atoms with Crippen LogP contribution in [0.5, 0.6) is 0 Å². The molecule has 3 aromatic rings. The molecule has 0 fully saturated rings. The van der Waals surface area contributed by atoms with Gasteiger partial charge in [0.2, 0.25) is 0 Å². The molecule has 0 spiro atoms. The van der Waals surface area contributed by atoms with E-state index < -0.39 is 0 Å². The molecule has 0 aliphatic carbocycles. The second kappa shape index (κ2) is 6.41. The lowest BCUT2D eigenvalue weighted by atomic mass is 10.2. The Kier molecular flexibility index (Phi) is 4.52. The molecule has 114 valence electrons. The summed E-state index contributed by atoms with van der Waals surface area (Å²) in [5.74, 6) is 0.843. The average Bonchev–Trinajstić information content (AvgIpc) is 2.87. The molecular formula is C16H15Cl2N3S. The smallest absolute Gasteiger partial charge is 0.166 e. The number of para-hydroxylation sites is 1. The van der Waals surface area contributed by atoms with Crippen LogP contribution in [-0.4, -0.2) is 24.1 Å². The van der Waals surface area contributed by atoms with Gasteiger partial charge in [0.05, 0.1) is 21.1 Å². The van der Waals surface area contributed by atoms with Crippen LogP contribution in [0.3, 0.4) is 0 Å². The number of hydrogen-bond donors (Lipinski definition) is 1. The fourth-order valence-corrected chi connectivity index (χ4v) is 3.47. The Labute approximate surface area is 143 Å². The molecule has 6 heteroatoms. The van der Waals surface area contributed by atoms with Gasteiger partial charge in [-0.15, -0.1) is 0 Å². The zero-order valence-corrected chi connectivity index (χ0v) is 14.6. The molecule has 0 saturated carbocycles. The summed E-state index contributed by atoms with van der Waals surface area (Å²) >= 11 is 13.7. The lowest BCUT2D eigenvalue weighted by molar-refractivity contribution is 1.07. The van der Waals surface area contributed by atoms with Crippen molar-refractivity contribution in [3.05, 3.63) is 52.0 Å². The summed E-state index contributed by atoms with van der Waals surface area (Å²) in [6, 6.07) is 12.0. The van der Waals surface area contributed by atoms with Gasteiger partial charge in [0.15, 0.2) is 5.16 Å². The lowest BCUT2D eigenvalue weighted by Crippen LogP contribution is -2.10. The predicted molar refractivity (Wildman–Crippen MR) is 96.4 cm³/mol. The van der Waals surface area contributed by atoms with Gasteiger partial charge in [-0.1, -0.05) is 53.2 Å². The summed E-state index contributed by atoms with van der Waals surface area (Å²) in [7, 11) is 4.10. The van der Waals surface area contributed by atoms with Gasteiger partial charge >= 0.3 is 0 Å². The summed E-state index contributed by atoms with van der Waals surface area (Å²) in [4.78, 5) is 9.95. The molecule has 0 bridgehead atoms. The quantitative estimate of drug-likeness (QED) is 0.653. The van der Waals surface area contributed by atoms with E-state index in [0.717, 1.165) is 21.9 Å². The van der Waals surface area contributed by atoms with Crippen molar-refractivity contribution in [2.24, 2.45) is 0 Å². The number of nitrogens with one attached hydrogen (secondary N) is 1. The average molecular weight is 352 g/mol. The highest BCUT2D eigenvalue weighted by molar-refractivity contribution is 7.98. The van der Waals surface area contributed by atoms with Crippen molar-refractivity contribution < 1.29 is 0 Å². The highest BCUT2D eigenvalue weighted by atomic mass is 35.5. The summed E-state index contributed by atoms with van der Waals surface area (Å²) in [6.45, 7) is 0. The minimum absolute atomic E-state index is 0.523. The van der Waals surface area contributed by atoms with Gasteiger partial charge in [0.25, 0.3) is 0 Å². The Morgan fingerprint density at radius 2 is 1.86 bits per heavy atom. The molecule has 3 rings (SSSR count). The number of H-pyrrole nitrogens is 1. The molecule has 0 aliphatic rings. The number of halogens is 2. The maximum atomic E-state index is 6.03. The number of thioether (sulfide) groups is 1. The van der Waals surface area contributed by atoms with E-state index in [2.05, 4.69) is 53.2 Å². The fraction of sp³-hybridized carbons (Fsp3) is 0.188. The number of hydrogen-bond acceptors (Lipinski definition) is 3. The minimum atomic E-state index is 0.523. The first kappa shape index (κ1) is 15.5. The monoisotopic (exact) mass is 351 g/mol. The van der Waals surface area contributed by atoms with Crippen LogP contribution in [0, 0.1) is 0 Å². The van der Waals surface area contributed by atoms with Crippen LogP contribution in [0.15, 0.2) is 41.6 Å². The number of benzene rings is 2. The molecule has 1 N–H and O–H groups in total. The topological polar surface area (TPSA) is 31.9 Å². The Hall–Kier alpha value is -1.36. The van der Waals surface area contributed by atoms with Crippen molar-refractivity contribution in [1.82, 2.24) is 9.97 Å². The van der Waals surface area contributed by atoms with Gasteiger partial charge in [0.1, 0.15) is 0 Å².